The lowest BCUT2D eigenvalue weighted by Gasteiger charge is -2.29. The molecule has 92 valence electrons. The van der Waals surface area contributed by atoms with E-state index in [2.05, 4.69) is 40.0 Å². The molecule has 4 heteroatoms. The van der Waals surface area contributed by atoms with Gasteiger partial charge in [-0.1, -0.05) is 17.7 Å². The van der Waals surface area contributed by atoms with Crippen molar-refractivity contribution in [3.8, 4) is 0 Å². The fraction of sp³-hybridized carbons (Fsp3) is 0.286. The number of rotatable bonds is 1. The molecule has 2 aromatic rings. The number of nitrogens with two attached hydrogens (primary N) is 1. The van der Waals surface area contributed by atoms with Crippen LogP contribution in [0.5, 0.6) is 0 Å². The fourth-order valence-electron chi connectivity index (χ4n) is 2.43. The summed E-state index contributed by atoms with van der Waals surface area (Å²) in [7, 11) is 0. The van der Waals surface area contributed by atoms with E-state index in [1.54, 1.807) is 12.3 Å². The first kappa shape index (κ1) is 11.0. The van der Waals surface area contributed by atoms with Crippen LogP contribution in [0.15, 0.2) is 30.5 Å². The van der Waals surface area contributed by atoms with Crippen molar-refractivity contribution in [1.82, 2.24) is 9.97 Å². The van der Waals surface area contributed by atoms with Gasteiger partial charge in [-0.15, -0.1) is 0 Å². The predicted octanol–water partition coefficient (Wildman–Crippen LogP) is 2.45. The van der Waals surface area contributed by atoms with Gasteiger partial charge in [0, 0.05) is 18.4 Å². The molecule has 0 bridgehead atoms. The summed E-state index contributed by atoms with van der Waals surface area (Å²) in [6.07, 6.45) is 3.95. The van der Waals surface area contributed by atoms with Gasteiger partial charge in [0.15, 0.2) is 0 Å². The largest absolute Gasteiger partial charge is 0.384 e. The molecule has 1 aromatic heterocycles. The Morgan fingerprint density at radius 3 is 3.00 bits per heavy atom. The first-order chi connectivity index (χ1) is 8.74. The van der Waals surface area contributed by atoms with E-state index in [1.165, 1.54) is 16.8 Å². The standard InChI is InChI=1S/C14H16N4/c1-10-4-5-12-11(9-10)3-2-8-18(12)14-16-7-6-13(15)17-14/h4-7,9H,2-3,8H2,1H3,(H2,15,16,17). The Kier molecular flexibility index (Phi) is 2.63. The van der Waals surface area contributed by atoms with Crippen molar-refractivity contribution in [2.45, 2.75) is 19.8 Å². The summed E-state index contributed by atoms with van der Waals surface area (Å²) in [5, 5.41) is 0. The number of hydrogen-bond acceptors (Lipinski definition) is 4. The van der Waals surface area contributed by atoms with Crippen LogP contribution in [0.2, 0.25) is 0 Å². The fourth-order valence-corrected chi connectivity index (χ4v) is 2.43. The van der Waals surface area contributed by atoms with Crippen LogP contribution in [0.3, 0.4) is 0 Å². The zero-order valence-corrected chi connectivity index (χ0v) is 10.4. The first-order valence-corrected chi connectivity index (χ1v) is 6.19. The Hall–Kier alpha value is -2.10. The first-order valence-electron chi connectivity index (χ1n) is 6.19. The lowest BCUT2D eigenvalue weighted by Crippen LogP contribution is -2.26. The minimum atomic E-state index is 0.513. The van der Waals surface area contributed by atoms with Crippen molar-refractivity contribution in [3.05, 3.63) is 41.6 Å². The Bertz CT molecular complexity index is 580. The maximum atomic E-state index is 5.73. The van der Waals surface area contributed by atoms with Crippen LogP contribution in [0.25, 0.3) is 0 Å². The van der Waals surface area contributed by atoms with Crippen molar-refractivity contribution in [1.29, 1.82) is 0 Å². The lowest BCUT2D eigenvalue weighted by molar-refractivity contribution is 0.750. The molecule has 3 rings (SSSR count). The molecule has 0 radical (unpaired) electrons. The molecule has 4 nitrogen and oxygen atoms in total. The molecule has 2 N–H and O–H groups in total. The second-order valence-corrected chi connectivity index (χ2v) is 4.67. The molecule has 0 atom stereocenters. The third-order valence-electron chi connectivity index (χ3n) is 3.26. The van der Waals surface area contributed by atoms with Gasteiger partial charge in [0.2, 0.25) is 5.95 Å². The molecular formula is C14H16N4. The van der Waals surface area contributed by atoms with Gasteiger partial charge in [0.1, 0.15) is 5.82 Å². The number of fused-ring (bicyclic) bond motifs is 1. The van der Waals surface area contributed by atoms with Crippen LogP contribution in [-0.4, -0.2) is 16.5 Å². The van der Waals surface area contributed by atoms with E-state index in [0.717, 1.165) is 19.4 Å². The van der Waals surface area contributed by atoms with E-state index in [4.69, 9.17) is 5.73 Å². The van der Waals surface area contributed by atoms with Gasteiger partial charge in [-0.05, 0) is 37.5 Å². The van der Waals surface area contributed by atoms with E-state index >= 15 is 0 Å². The number of aryl methyl sites for hydroxylation is 2. The highest BCUT2D eigenvalue weighted by molar-refractivity contribution is 5.64. The molecule has 0 spiro atoms. The molecule has 0 fully saturated rings. The second kappa shape index (κ2) is 4.29. The Labute approximate surface area is 106 Å². The third kappa shape index (κ3) is 1.90. The van der Waals surface area contributed by atoms with Crippen molar-refractivity contribution >= 4 is 17.5 Å². The quantitative estimate of drug-likeness (QED) is 0.832. The zero-order chi connectivity index (χ0) is 12.5. The number of nitrogen functional groups attached to an aromatic ring is 1. The highest BCUT2D eigenvalue weighted by Gasteiger charge is 2.20. The predicted molar refractivity (Wildman–Crippen MR) is 73.0 cm³/mol. The highest BCUT2D eigenvalue weighted by atomic mass is 15.3. The van der Waals surface area contributed by atoms with Crippen LogP contribution in [0.1, 0.15) is 17.5 Å². The topological polar surface area (TPSA) is 55.0 Å². The molecule has 0 unspecified atom stereocenters. The summed E-state index contributed by atoms with van der Waals surface area (Å²) in [5.74, 6) is 1.21. The molecule has 1 aromatic carbocycles. The number of nitrogens with zero attached hydrogens (tertiary/aromatic N) is 3. The monoisotopic (exact) mass is 240 g/mol. The van der Waals surface area contributed by atoms with Gasteiger partial charge < -0.3 is 10.6 Å². The molecule has 18 heavy (non-hydrogen) atoms. The van der Waals surface area contributed by atoms with E-state index in [-0.39, 0.29) is 0 Å². The lowest BCUT2D eigenvalue weighted by atomic mass is 10.00. The van der Waals surface area contributed by atoms with Crippen LogP contribution >= 0.6 is 0 Å². The smallest absolute Gasteiger partial charge is 0.231 e. The SMILES string of the molecule is Cc1ccc2c(c1)CCCN2c1nccc(N)n1. The summed E-state index contributed by atoms with van der Waals surface area (Å²) in [6.45, 7) is 3.07. The van der Waals surface area contributed by atoms with Gasteiger partial charge in [-0.2, -0.15) is 4.98 Å². The third-order valence-corrected chi connectivity index (χ3v) is 3.26. The van der Waals surface area contributed by atoms with Gasteiger partial charge in [0.25, 0.3) is 0 Å². The molecular weight excluding hydrogens is 224 g/mol. The van der Waals surface area contributed by atoms with Gasteiger partial charge in [-0.25, -0.2) is 4.98 Å². The number of anilines is 3. The molecule has 0 aliphatic carbocycles. The maximum absolute atomic E-state index is 5.73. The average molecular weight is 240 g/mol. The molecule has 1 aliphatic rings. The van der Waals surface area contributed by atoms with Crippen molar-refractivity contribution in [2.24, 2.45) is 0 Å². The maximum Gasteiger partial charge on any atom is 0.231 e. The molecule has 2 heterocycles. The zero-order valence-electron chi connectivity index (χ0n) is 10.4. The minimum absolute atomic E-state index is 0.513. The van der Waals surface area contributed by atoms with Crippen molar-refractivity contribution < 1.29 is 0 Å². The number of benzene rings is 1. The summed E-state index contributed by atoms with van der Waals surface area (Å²) >= 11 is 0. The highest BCUT2D eigenvalue weighted by Crippen LogP contribution is 2.32. The summed E-state index contributed by atoms with van der Waals surface area (Å²) in [6, 6.07) is 8.23. The molecule has 0 amide bonds. The molecule has 0 saturated heterocycles. The number of hydrogen-bond donors (Lipinski definition) is 1. The van der Waals surface area contributed by atoms with Gasteiger partial charge in [-0.3, -0.25) is 0 Å². The summed E-state index contributed by atoms with van der Waals surface area (Å²) in [5.41, 5.74) is 9.60. The van der Waals surface area contributed by atoms with Gasteiger partial charge >= 0.3 is 0 Å². The van der Waals surface area contributed by atoms with Crippen LogP contribution < -0.4 is 10.6 Å². The Morgan fingerprint density at radius 1 is 1.28 bits per heavy atom. The summed E-state index contributed by atoms with van der Waals surface area (Å²) in [4.78, 5) is 10.8. The molecule has 1 aliphatic heterocycles. The summed E-state index contributed by atoms with van der Waals surface area (Å²) < 4.78 is 0. The van der Waals surface area contributed by atoms with Crippen molar-refractivity contribution in [2.75, 3.05) is 17.2 Å². The van der Waals surface area contributed by atoms with Crippen molar-refractivity contribution in [3.63, 3.8) is 0 Å². The minimum Gasteiger partial charge on any atom is -0.384 e. The normalized spacial score (nSPS) is 14.4. The number of aromatic nitrogens is 2. The van der Waals surface area contributed by atoms with Gasteiger partial charge in [0.05, 0.1) is 0 Å². The second-order valence-electron chi connectivity index (χ2n) is 4.67. The van der Waals surface area contributed by atoms with E-state index in [1.807, 2.05) is 0 Å². The average Bonchev–Trinajstić information content (AvgIpc) is 2.37. The van der Waals surface area contributed by atoms with E-state index < -0.39 is 0 Å². The van der Waals surface area contributed by atoms with Crippen LogP contribution in [0, 0.1) is 6.92 Å². The Morgan fingerprint density at radius 2 is 2.17 bits per heavy atom. The van der Waals surface area contributed by atoms with E-state index in [0.29, 0.717) is 11.8 Å². The van der Waals surface area contributed by atoms with E-state index in [9.17, 15) is 0 Å². The Balaban J connectivity index is 2.06. The van der Waals surface area contributed by atoms with Crippen LogP contribution in [0.4, 0.5) is 17.5 Å². The molecule has 0 saturated carbocycles. The van der Waals surface area contributed by atoms with Crippen LogP contribution in [-0.2, 0) is 6.42 Å².